The maximum absolute atomic E-state index is 3.02. The molecule has 0 fully saturated rings. The first kappa shape index (κ1) is 34.8. The molecule has 2 nitrogen and oxygen atoms in total. The summed E-state index contributed by atoms with van der Waals surface area (Å²) in [6.07, 6.45) is 0. The molecule has 284 valence electrons. The Balaban J connectivity index is 1.18. The summed E-state index contributed by atoms with van der Waals surface area (Å²) in [5.74, 6) is 0. The molecule has 12 rings (SSSR count). The average Bonchev–Trinajstić information content (AvgIpc) is 3.91. The fraction of sp³-hybridized carbons (Fsp3) is 0.0526. The SMILES string of the molecule is CC1(C)c2ccccc2-c2c1ccc1c3ccccc3n(-c3ccc([Si](c4ccccc4)(c4ccccc4)c4cccc5c6ccccc6n(-c6ccccc6)c45)cc3)c21. The van der Waals surface area contributed by atoms with E-state index in [1.807, 2.05) is 0 Å². The van der Waals surface area contributed by atoms with Gasteiger partial charge in [0.05, 0.1) is 22.1 Å². The van der Waals surface area contributed by atoms with Crippen LogP contribution < -0.4 is 20.7 Å². The van der Waals surface area contributed by atoms with Crippen LogP contribution in [-0.4, -0.2) is 17.2 Å². The molecule has 0 bridgehead atoms. The molecule has 0 spiro atoms. The molecular weight excluding hydrogens is 741 g/mol. The zero-order chi connectivity index (χ0) is 40.0. The minimum atomic E-state index is -3.02. The van der Waals surface area contributed by atoms with Crippen LogP contribution in [0.1, 0.15) is 25.0 Å². The number of para-hydroxylation sites is 4. The van der Waals surface area contributed by atoms with Gasteiger partial charge >= 0.3 is 0 Å². The standard InChI is InChI=1S/C57H42N2Si/c1-57(2)49-29-15-12-27-48(49)54-50(57)38-37-47-45-26-14-17-31-52(45)59(56(47)54)40-33-35-43(36-34-40)60(41-21-8-4-9-22-41,42-23-10-5-11-24-42)53-32-18-28-46-44-25-13-16-30-51(44)58(55(46)53)39-19-6-3-7-20-39/h3-38H,1-2H3. The van der Waals surface area contributed by atoms with E-state index in [9.17, 15) is 0 Å². The Morgan fingerprint density at radius 2 is 0.833 bits per heavy atom. The van der Waals surface area contributed by atoms with Crippen molar-refractivity contribution in [2.24, 2.45) is 0 Å². The average molecular weight is 783 g/mol. The van der Waals surface area contributed by atoms with E-state index in [0.717, 1.165) is 0 Å². The van der Waals surface area contributed by atoms with Crippen molar-refractivity contribution >= 4 is 72.4 Å². The first-order valence-corrected chi connectivity index (χ1v) is 23.0. The van der Waals surface area contributed by atoms with E-state index in [1.165, 1.54) is 98.0 Å². The summed E-state index contributed by atoms with van der Waals surface area (Å²) in [7, 11) is -3.02. The molecule has 11 aromatic rings. The Hall–Kier alpha value is -7.20. The number of nitrogens with zero attached hydrogens (tertiary/aromatic N) is 2. The second-order valence-electron chi connectivity index (χ2n) is 16.8. The summed E-state index contributed by atoms with van der Waals surface area (Å²) < 4.78 is 5.05. The largest absolute Gasteiger partial charge is 0.309 e. The fourth-order valence-corrected chi connectivity index (χ4v) is 15.8. The zero-order valence-corrected chi connectivity index (χ0v) is 34.7. The van der Waals surface area contributed by atoms with Crippen molar-refractivity contribution in [2.75, 3.05) is 0 Å². The van der Waals surface area contributed by atoms with E-state index in [1.54, 1.807) is 0 Å². The van der Waals surface area contributed by atoms with Crippen molar-refractivity contribution in [3.8, 4) is 22.5 Å². The Bertz CT molecular complexity index is 3390. The van der Waals surface area contributed by atoms with Gasteiger partial charge in [-0.2, -0.15) is 0 Å². The van der Waals surface area contributed by atoms with Gasteiger partial charge < -0.3 is 9.13 Å². The Labute approximate surface area is 351 Å². The van der Waals surface area contributed by atoms with Gasteiger partial charge in [-0.05, 0) is 73.8 Å². The molecule has 0 saturated heterocycles. The van der Waals surface area contributed by atoms with Crippen molar-refractivity contribution < 1.29 is 0 Å². The Kier molecular flexibility index (Phi) is 7.63. The summed E-state index contributed by atoms with van der Waals surface area (Å²) in [6, 6.07) is 81.9. The first-order valence-electron chi connectivity index (χ1n) is 21.0. The highest BCUT2D eigenvalue weighted by Gasteiger charge is 2.44. The smallest absolute Gasteiger partial charge is 0.181 e. The molecule has 1 aliphatic rings. The van der Waals surface area contributed by atoms with Crippen LogP contribution in [0.2, 0.25) is 0 Å². The van der Waals surface area contributed by atoms with Crippen molar-refractivity contribution in [3.63, 3.8) is 0 Å². The van der Waals surface area contributed by atoms with Crippen LogP contribution in [0.25, 0.3) is 66.1 Å². The predicted molar refractivity (Wildman–Crippen MR) is 256 cm³/mol. The molecule has 0 unspecified atom stereocenters. The molecule has 2 heterocycles. The van der Waals surface area contributed by atoms with E-state index in [-0.39, 0.29) is 5.41 Å². The van der Waals surface area contributed by atoms with E-state index < -0.39 is 8.07 Å². The lowest BCUT2D eigenvalue weighted by Gasteiger charge is -2.35. The molecular formula is C57H42N2Si. The highest BCUT2D eigenvalue weighted by atomic mass is 28.3. The van der Waals surface area contributed by atoms with Gasteiger partial charge in [0.25, 0.3) is 0 Å². The van der Waals surface area contributed by atoms with Gasteiger partial charge in [0.2, 0.25) is 0 Å². The van der Waals surface area contributed by atoms with Gasteiger partial charge in [0.15, 0.2) is 8.07 Å². The number of fused-ring (bicyclic) bond motifs is 10. The quantitative estimate of drug-likeness (QED) is 0.117. The molecule has 60 heavy (non-hydrogen) atoms. The summed E-state index contributed by atoms with van der Waals surface area (Å²) in [5.41, 5.74) is 12.7. The van der Waals surface area contributed by atoms with Crippen LogP contribution >= 0.6 is 0 Å². The molecule has 0 aliphatic heterocycles. The maximum Gasteiger partial charge on any atom is 0.181 e. The highest BCUT2D eigenvalue weighted by Crippen LogP contribution is 2.52. The molecule has 0 N–H and O–H groups in total. The minimum Gasteiger partial charge on any atom is -0.309 e. The van der Waals surface area contributed by atoms with Gasteiger partial charge in [0, 0.05) is 43.9 Å². The number of benzene rings is 9. The van der Waals surface area contributed by atoms with E-state index in [0.29, 0.717) is 0 Å². The van der Waals surface area contributed by atoms with Crippen LogP contribution in [0.3, 0.4) is 0 Å². The van der Waals surface area contributed by atoms with Crippen molar-refractivity contribution in [1.29, 1.82) is 0 Å². The van der Waals surface area contributed by atoms with E-state index in [4.69, 9.17) is 0 Å². The molecule has 1 aliphatic carbocycles. The van der Waals surface area contributed by atoms with Gasteiger partial charge in [0.1, 0.15) is 0 Å². The third kappa shape index (κ3) is 4.75. The van der Waals surface area contributed by atoms with E-state index in [2.05, 4.69) is 241 Å². The zero-order valence-electron chi connectivity index (χ0n) is 33.7. The molecule has 2 aromatic heterocycles. The summed E-state index contributed by atoms with van der Waals surface area (Å²) in [4.78, 5) is 0. The van der Waals surface area contributed by atoms with Crippen LogP contribution in [-0.2, 0) is 5.41 Å². The number of hydrogen-bond acceptors (Lipinski definition) is 0. The number of rotatable bonds is 6. The maximum atomic E-state index is 2.54. The van der Waals surface area contributed by atoms with Crippen molar-refractivity contribution in [1.82, 2.24) is 9.13 Å². The number of hydrogen-bond donors (Lipinski definition) is 0. The summed E-state index contributed by atoms with van der Waals surface area (Å²) >= 11 is 0. The van der Waals surface area contributed by atoms with Crippen molar-refractivity contribution in [3.05, 3.63) is 230 Å². The number of aromatic nitrogens is 2. The van der Waals surface area contributed by atoms with Gasteiger partial charge in [-0.3, -0.25) is 0 Å². The lowest BCUT2D eigenvalue weighted by Crippen LogP contribution is -2.75. The normalized spacial score (nSPS) is 13.3. The second kappa shape index (κ2) is 13.2. The van der Waals surface area contributed by atoms with Gasteiger partial charge in [-0.15, -0.1) is 0 Å². The molecule has 0 radical (unpaired) electrons. The molecule has 3 heteroatoms. The van der Waals surface area contributed by atoms with Gasteiger partial charge in [-0.1, -0.05) is 196 Å². The van der Waals surface area contributed by atoms with Crippen LogP contribution in [0.15, 0.2) is 218 Å². The monoisotopic (exact) mass is 782 g/mol. The lowest BCUT2D eigenvalue weighted by atomic mass is 9.82. The summed E-state index contributed by atoms with van der Waals surface area (Å²) in [6.45, 7) is 4.75. The topological polar surface area (TPSA) is 9.86 Å². The Morgan fingerprint density at radius 1 is 0.350 bits per heavy atom. The van der Waals surface area contributed by atoms with Gasteiger partial charge in [-0.25, -0.2) is 0 Å². The summed E-state index contributed by atoms with van der Waals surface area (Å²) in [5, 5.41) is 10.5. The first-order chi connectivity index (χ1) is 29.6. The van der Waals surface area contributed by atoms with Crippen LogP contribution in [0.5, 0.6) is 0 Å². The highest BCUT2D eigenvalue weighted by molar-refractivity contribution is 7.20. The molecule has 0 atom stereocenters. The van der Waals surface area contributed by atoms with Crippen LogP contribution in [0.4, 0.5) is 0 Å². The molecule has 0 saturated carbocycles. The Morgan fingerprint density at radius 3 is 1.48 bits per heavy atom. The minimum absolute atomic E-state index is 0.0922. The lowest BCUT2D eigenvalue weighted by molar-refractivity contribution is 0.661. The second-order valence-corrected chi connectivity index (χ2v) is 20.6. The van der Waals surface area contributed by atoms with E-state index >= 15 is 0 Å². The molecule has 9 aromatic carbocycles. The fourth-order valence-electron chi connectivity index (χ4n) is 10.9. The third-order valence-corrected chi connectivity index (χ3v) is 18.3. The third-order valence-electron chi connectivity index (χ3n) is 13.5. The molecule has 0 amide bonds. The predicted octanol–water partition coefficient (Wildman–Crippen LogP) is 11.6. The van der Waals surface area contributed by atoms with Crippen LogP contribution in [0, 0.1) is 0 Å². The van der Waals surface area contributed by atoms with Crippen molar-refractivity contribution in [2.45, 2.75) is 19.3 Å².